The molecule has 2 N–H and O–H groups in total. The number of carbonyl (C=O) groups is 1. The maximum Gasteiger partial charge on any atom is 0.268 e. The lowest BCUT2D eigenvalue weighted by Gasteiger charge is -1.79. The molecule has 5 nitrogen and oxygen atoms in total. The lowest BCUT2D eigenvalue weighted by Crippen LogP contribution is -2.10. The van der Waals surface area contributed by atoms with Gasteiger partial charge in [-0.1, -0.05) is 23.2 Å². The molecule has 0 aliphatic rings. The van der Waals surface area contributed by atoms with Crippen LogP contribution in [-0.4, -0.2) is 15.9 Å². The third-order valence-electron chi connectivity index (χ3n) is 1.32. The van der Waals surface area contributed by atoms with Gasteiger partial charge >= 0.3 is 0 Å². The van der Waals surface area contributed by atoms with E-state index in [0.29, 0.717) is 14.6 Å². The Labute approximate surface area is 114 Å². The summed E-state index contributed by atoms with van der Waals surface area (Å²) in [5, 5.41) is 11.3. The summed E-state index contributed by atoms with van der Waals surface area (Å²) in [6.07, 6.45) is 0. The Hall–Kier alpha value is -1.20. The molecule has 0 unspecified atom stereocenters. The van der Waals surface area contributed by atoms with Crippen LogP contribution >= 0.6 is 45.9 Å². The monoisotopic (exact) mass is 306 g/mol. The van der Waals surface area contributed by atoms with Gasteiger partial charge in [0, 0.05) is 10.8 Å². The van der Waals surface area contributed by atoms with Gasteiger partial charge in [0.2, 0.25) is 0 Å². The summed E-state index contributed by atoms with van der Waals surface area (Å²) in [4.78, 5) is 17.6. The highest BCUT2D eigenvalue weighted by Gasteiger charge is 2.03. The predicted molar refractivity (Wildman–Crippen MR) is 67.5 cm³/mol. The molecule has 1 amide bonds. The number of hydrogen-bond donors (Lipinski definition) is 1. The molecule has 0 aliphatic heterocycles. The van der Waals surface area contributed by atoms with E-state index in [0.717, 1.165) is 0 Å². The Bertz CT molecular complexity index is 560. The van der Waals surface area contributed by atoms with E-state index in [2.05, 4.69) is 9.97 Å². The Morgan fingerprint density at radius 2 is 1.88 bits per heavy atom. The maximum atomic E-state index is 10.3. The highest BCUT2D eigenvalue weighted by atomic mass is 35.5. The van der Waals surface area contributed by atoms with E-state index < -0.39 is 5.91 Å². The fraction of sp³-hybridized carbons (Fsp3) is 0. The molecule has 0 bridgehead atoms. The number of primary amides is 1. The molecular formula is C8H4Cl2N4OS2. The van der Waals surface area contributed by atoms with Crippen LogP contribution in [0.1, 0.15) is 16.2 Å². The van der Waals surface area contributed by atoms with Crippen LogP contribution in [0.25, 0.3) is 0 Å². The molecule has 2 aromatic rings. The van der Waals surface area contributed by atoms with Crippen LogP contribution < -0.4 is 5.73 Å². The normalized spacial score (nSPS) is 9.00. The molecule has 0 saturated carbocycles. The first-order valence-electron chi connectivity index (χ1n) is 3.95. The van der Waals surface area contributed by atoms with Crippen LogP contribution in [0.5, 0.6) is 0 Å². The van der Waals surface area contributed by atoms with Crippen LogP contribution in [-0.2, 0) is 0 Å². The van der Waals surface area contributed by atoms with Gasteiger partial charge in [-0.15, -0.1) is 22.7 Å². The molecule has 0 fully saturated rings. The van der Waals surface area contributed by atoms with Gasteiger partial charge < -0.3 is 5.73 Å². The summed E-state index contributed by atoms with van der Waals surface area (Å²) in [6.45, 7) is 0. The molecule has 0 radical (unpaired) electrons. The van der Waals surface area contributed by atoms with Crippen molar-refractivity contribution in [1.82, 2.24) is 9.97 Å². The first-order valence-corrected chi connectivity index (χ1v) is 6.46. The number of aromatic nitrogens is 2. The van der Waals surface area contributed by atoms with Crippen LogP contribution in [0, 0.1) is 11.3 Å². The molecule has 2 rings (SSSR count). The lowest BCUT2D eigenvalue weighted by molar-refractivity contribution is 0.0996. The van der Waals surface area contributed by atoms with Gasteiger partial charge in [0.05, 0.1) is 0 Å². The predicted octanol–water partition coefficient (Wildman–Crippen LogP) is 2.56. The fourth-order valence-corrected chi connectivity index (χ4v) is 2.11. The summed E-state index contributed by atoms with van der Waals surface area (Å²) in [6, 6.07) is 1.86. The molecule has 0 atom stereocenters. The van der Waals surface area contributed by atoms with E-state index in [9.17, 15) is 4.79 Å². The molecule has 0 saturated heterocycles. The van der Waals surface area contributed by atoms with Crippen molar-refractivity contribution in [2.24, 2.45) is 5.73 Å². The molecule has 2 aromatic heterocycles. The van der Waals surface area contributed by atoms with Crippen molar-refractivity contribution in [2.75, 3.05) is 0 Å². The highest BCUT2D eigenvalue weighted by Crippen LogP contribution is 2.14. The molecule has 17 heavy (non-hydrogen) atoms. The second kappa shape index (κ2) is 6.51. The Balaban J connectivity index is 0.000000171. The smallest absolute Gasteiger partial charge is 0.268 e. The number of rotatable bonds is 1. The van der Waals surface area contributed by atoms with Gasteiger partial charge in [-0.2, -0.15) is 5.26 Å². The number of nitrogens with zero attached hydrogens (tertiary/aromatic N) is 3. The lowest BCUT2D eigenvalue weighted by atomic mass is 10.5. The number of halogens is 2. The first kappa shape index (κ1) is 13.9. The molecule has 88 valence electrons. The van der Waals surface area contributed by atoms with Crippen LogP contribution in [0.15, 0.2) is 10.8 Å². The van der Waals surface area contributed by atoms with E-state index in [-0.39, 0.29) is 5.69 Å². The minimum absolute atomic E-state index is 0.227. The Kier molecular flexibility index (Phi) is 5.31. The van der Waals surface area contributed by atoms with Gasteiger partial charge in [0.15, 0.2) is 14.6 Å². The number of thiazole rings is 2. The summed E-state index contributed by atoms with van der Waals surface area (Å²) >= 11 is 13.2. The standard InChI is InChI=1S/C4H3ClN2OS.C4HClN2S/c5-4-7-2(1-9-4)3(6)8;5-4-7-3(1-6)2-8-4/h1H,(H2,6,8);2H. The third kappa shape index (κ3) is 4.66. The van der Waals surface area contributed by atoms with E-state index in [1.54, 1.807) is 5.38 Å². The maximum absolute atomic E-state index is 10.3. The fourth-order valence-electron chi connectivity index (χ4n) is 0.668. The summed E-state index contributed by atoms with van der Waals surface area (Å²) in [5.74, 6) is -0.543. The Morgan fingerprint density at radius 1 is 1.29 bits per heavy atom. The van der Waals surface area contributed by atoms with Gasteiger partial charge in [-0.25, -0.2) is 9.97 Å². The zero-order valence-corrected chi connectivity index (χ0v) is 11.2. The zero-order chi connectivity index (χ0) is 12.8. The van der Waals surface area contributed by atoms with E-state index in [1.807, 2.05) is 6.07 Å². The second-order valence-electron chi connectivity index (χ2n) is 2.45. The average molecular weight is 307 g/mol. The highest BCUT2D eigenvalue weighted by molar-refractivity contribution is 7.14. The molecule has 9 heteroatoms. The summed E-state index contributed by atoms with van der Waals surface area (Å²) in [5.41, 5.74) is 5.49. The topological polar surface area (TPSA) is 92.7 Å². The quantitative estimate of drug-likeness (QED) is 0.876. The van der Waals surface area contributed by atoms with Crippen LogP contribution in [0.2, 0.25) is 8.93 Å². The van der Waals surface area contributed by atoms with Crippen LogP contribution in [0.3, 0.4) is 0 Å². The van der Waals surface area contributed by atoms with Crippen molar-refractivity contribution in [3.8, 4) is 6.07 Å². The van der Waals surface area contributed by atoms with Gasteiger partial charge in [-0.05, 0) is 0 Å². The van der Waals surface area contributed by atoms with E-state index >= 15 is 0 Å². The van der Waals surface area contributed by atoms with E-state index in [4.69, 9.17) is 34.2 Å². The number of carbonyl (C=O) groups excluding carboxylic acids is 1. The van der Waals surface area contributed by atoms with Gasteiger partial charge in [0.1, 0.15) is 11.8 Å². The molecular weight excluding hydrogens is 303 g/mol. The van der Waals surface area contributed by atoms with Crippen molar-refractivity contribution in [3.63, 3.8) is 0 Å². The van der Waals surface area contributed by atoms with Crippen molar-refractivity contribution in [2.45, 2.75) is 0 Å². The van der Waals surface area contributed by atoms with Crippen molar-refractivity contribution in [1.29, 1.82) is 5.26 Å². The number of amides is 1. The molecule has 0 aliphatic carbocycles. The minimum atomic E-state index is -0.543. The van der Waals surface area contributed by atoms with E-state index in [1.165, 1.54) is 28.1 Å². The first-order chi connectivity index (χ1) is 8.02. The zero-order valence-electron chi connectivity index (χ0n) is 8.05. The average Bonchev–Trinajstić information content (AvgIpc) is 2.88. The van der Waals surface area contributed by atoms with Crippen molar-refractivity contribution in [3.05, 3.63) is 31.1 Å². The Morgan fingerprint density at radius 3 is 2.12 bits per heavy atom. The summed E-state index contributed by atoms with van der Waals surface area (Å²) < 4.78 is 0.755. The van der Waals surface area contributed by atoms with Crippen molar-refractivity contribution < 1.29 is 4.79 Å². The van der Waals surface area contributed by atoms with Gasteiger partial charge in [-0.3, -0.25) is 4.79 Å². The van der Waals surface area contributed by atoms with Gasteiger partial charge in [0.25, 0.3) is 5.91 Å². The molecule has 0 spiro atoms. The molecule has 2 heterocycles. The number of nitriles is 1. The number of nitrogens with two attached hydrogens (primary N) is 1. The van der Waals surface area contributed by atoms with Crippen molar-refractivity contribution >= 4 is 51.8 Å². The SMILES string of the molecule is N#Cc1csc(Cl)n1.NC(=O)c1csc(Cl)n1. The molecule has 0 aromatic carbocycles. The minimum Gasteiger partial charge on any atom is -0.364 e. The largest absolute Gasteiger partial charge is 0.364 e. The second-order valence-corrected chi connectivity index (χ2v) is 5.33. The summed E-state index contributed by atoms with van der Waals surface area (Å²) in [7, 11) is 0. The third-order valence-corrected chi connectivity index (χ3v) is 3.28. The number of hydrogen-bond acceptors (Lipinski definition) is 6. The van der Waals surface area contributed by atoms with Crippen LogP contribution in [0.4, 0.5) is 0 Å².